The number of hydrogen-bond donors (Lipinski definition) is 4. The molecule has 0 aromatic rings. The number of esters is 3. The average Bonchev–Trinajstić information content (AvgIpc) is 0.903. The molecular weight excluding hydrogens is 1410 g/mol. The Labute approximate surface area is 665 Å². The number of allylic oxidation sites excluding steroid dienone is 22. The van der Waals surface area contributed by atoms with E-state index in [0.29, 0.717) is 19.3 Å². The highest BCUT2D eigenvalue weighted by Crippen LogP contribution is 2.45. The zero-order valence-electron chi connectivity index (χ0n) is 68.9. The van der Waals surface area contributed by atoms with Crippen molar-refractivity contribution in [3.8, 4) is 0 Å². The SMILES string of the molecule is CC/C=C\C/C=C\C/C=C\C/C=C\C/C=C\CCCCCCCCCCCCCCCCCCCCCC(=O)OCC(O)COP(=O)(O)OCC(O)COP(=O)(O)OCC(COC(=O)CCCCCCCCCCCCC/C=C\C/C=C\C/C=C\C/C=C\C/C=C\CC)OC(=O)CCCCCCC/C=C\CCCC. The molecule has 0 heterocycles. The van der Waals surface area contributed by atoms with Crippen molar-refractivity contribution < 1.29 is 75.8 Å². The monoisotopic (exact) mass is 1570 g/mol. The molecule has 4 N–H and O–H groups in total. The summed E-state index contributed by atoms with van der Waals surface area (Å²) in [7, 11) is -9.79. The summed E-state index contributed by atoms with van der Waals surface area (Å²) in [6, 6.07) is 0. The molecule has 0 rings (SSSR count). The van der Waals surface area contributed by atoms with Crippen LogP contribution in [0.25, 0.3) is 0 Å². The van der Waals surface area contributed by atoms with Gasteiger partial charge in [0.1, 0.15) is 25.4 Å². The normalized spacial score (nSPS) is 14.5. The number of unbranched alkanes of at least 4 members (excludes halogenated alkanes) is 37. The van der Waals surface area contributed by atoms with Crippen LogP contribution >= 0.6 is 15.6 Å². The second kappa shape index (κ2) is 83.1. The molecule has 5 unspecified atom stereocenters. The van der Waals surface area contributed by atoms with Gasteiger partial charge < -0.3 is 34.2 Å². The summed E-state index contributed by atoms with van der Waals surface area (Å²) in [4.78, 5) is 58.7. The Morgan fingerprint density at radius 2 is 0.486 bits per heavy atom. The minimum absolute atomic E-state index is 0.0929. The number of aliphatic hydroxyl groups is 2. The minimum atomic E-state index is -4.93. The fraction of sp³-hybridized carbons (Fsp3) is 0.725. The summed E-state index contributed by atoms with van der Waals surface area (Å²) < 4.78 is 61.2. The Morgan fingerprint density at radius 3 is 0.780 bits per heavy atom. The lowest BCUT2D eigenvalue weighted by molar-refractivity contribution is -0.161. The highest BCUT2D eigenvalue weighted by molar-refractivity contribution is 7.47. The van der Waals surface area contributed by atoms with Crippen LogP contribution in [-0.2, 0) is 55.8 Å². The number of hydrogen-bond acceptors (Lipinski definition) is 14. The maximum atomic E-state index is 12.9. The van der Waals surface area contributed by atoms with E-state index in [1.165, 1.54) is 154 Å². The van der Waals surface area contributed by atoms with Crippen LogP contribution in [0.1, 0.15) is 367 Å². The molecule has 0 spiro atoms. The molecule has 0 amide bonds. The largest absolute Gasteiger partial charge is 0.472 e. The Kier molecular flexibility index (Phi) is 79.8. The van der Waals surface area contributed by atoms with Gasteiger partial charge in [-0.2, -0.15) is 0 Å². The topological polar surface area (TPSA) is 231 Å². The van der Waals surface area contributed by atoms with Crippen LogP contribution in [0.3, 0.4) is 0 Å². The smallest absolute Gasteiger partial charge is 0.463 e. The van der Waals surface area contributed by atoms with Gasteiger partial charge in [-0.05, 0) is 128 Å². The number of aliphatic hydroxyl groups excluding tert-OH is 2. The predicted octanol–water partition coefficient (Wildman–Crippen LogP) is 26.2. The van der Waals surface area contributed by atoms with Crippen LogP contribution in [0, 0.1) is 0 Å². The van der Waals surface area contributed by atoms with Crippen molar-refractivity contribution in [2.75, 3.05) is 39.6 Å². The third-order valence-electron chi connectivity index (χ3n) is 18.3. The molecule has 0 aliphatic heterocycles. The van der Waals surface area contributed by atoms with Gasteiger partial charge in [0, 0.05) is 19.3 Å². The third kappa shape index (κ3) is 84.4. The summed E-state index contributed by atoms with van der Waals surface area (Å²) >= 11 is 0. The van der Waals surface area contributed by atoms with Gasteiger partial charge >= 0.3 is 33.6 Å². The summed E-state index contributed by atoms with van der Waals surface area (Å²) in [5.41, 5.74) is 0. The molecule has 0 aliphatic rings. The van der Waals surface area contributed by atoms with Gasteiger partial charge in [0.15, 0.2) is 6.10 Å². The molecule has 0 bridgehead atoms. The summed E-state index contributed by atoms with van der Waals surface area (Å²) in [5, 5.41) is 20.7. The molecule has 16 nitrogen and oxygen atoms in total. The quantitative estimate of drug-likeness (QED) is 0.0146. The zero-order chi connectivity index (χ0) is 79.4. The van der Waals surface area contributed by atoms with E-state index in [0.717, 1.165) is 154 Å². The molecule has 0 saturated carbocycles. The predicted molar refractivity (Wildman–Crippen MR) is 454 cm³/mol. The van der Waals surface area contributed by atoms with Crippen LogP contribution < -0.4 is 0 Å². The number of carbonyl (C=O) groups excluding carboxylic acids is 3. The molecule has 0 aliphatic carbocycles. The molecule has 0 saturated heterocycles. The van der Waals surface area contributed by atoms with E-state index in [9.17, 15) is 43.5 Å². The summed E-state index contributed by atoms with van der Waals surface area (Å²) in [6.45, 7) is 2.44. The van der Waals surface area contributed by atoms with Crippen molar-refractivity contribution in [2.45, 2.75) is 386 Å². The van der Waals surface area contributed by atoms with E-state index in [-0.39, 0.29) is 19.3 Å². The summed E-state index contributed by atoms with van der Waals surface area (Å²) in [5.74, 6) is -1.58. The molecular formula is C91H158O16P2. The average molecular weight is 1570 g/mol. The summed E-state index contributed by atoms with van der Waals surface area (Å²) in [6.07, 6.45) is 103. The fourth-order valence-electron chi connectivity index (χ4n) is 11.8. The highest BCUT2D eigenvalue weighted by Gasteiger charge is 2.29. The maximum Gasteiger partial charge on any atom is 0.472 e. The Balaban J connectivity index is 4.33. The number of ether oxygens (including phenoxy) is 3. The molecule has 0 radical (unpaired) electrons. The van der Waals surface area contributed by atoms with E-state index in [1.54, 1.807) is 0 Å². The molecule has 0 fully saturated rings. The molecule has 0 aromatic carbocycles. The van der Waals surface area contributed by atoms with Gasteiger partial charge in [0.05, 0.1) is 26.4 Å². The molecule has 109 heavy (non-hydrogen) atoms. The first kappa shape index (κ1) is 105. The Bertz CT molecular complexity index is 2510. The lowest BCUT2D eigenvalue weighted by Gasteiger charge is -2.21. The molecule has 628 valence electrons. The Morgan fingerprint density at radius 1 is 0.266 bits per heavy atom. The van der Waals surface area contributed by atoms with Crippen LogP contribution in [0.15, 0.2) is 134 Å². The lowest BCUT2D eigenvalue weighted by Crippen LogP contribution is -2.30. The molecule has 5 atom stereocenters. The van der Waals surface area contributed by atoms with Crippen LogP contribution in [0.4, 0.5) is 0 Å². The van der Waals surface area contributed by atoms with Crippen molar-refractivity contribution in [3.05, 3.63) is 134 Å². The van der Waals surface area contributed by atoms with E-state index in [1.807, 2.05) is 0 Å². The molecule has 18 heteroatoms. The first-order valence-electron chi connectivity index (χ1n) is 43.5. The standard InChI is InChI=1S/C91H158O16P2/c1-4-7-10-13-16-19-22-24-26-28-30-32-34-36-38-39-40-41-42-43-44-45-47-49-50-52-54-56-58-60-63-65-68-71-74-77-89(94)101-80-86(92)81-103-108(97,98)104-82-87(93)83-105-109(99,100)106-85-88(107-91(96)79-76-73-70-67-62-21-18-15-12-9-6-3)84-102-90(95)78-75-72-69-66-64-61-59-57-55-53-51-48-46-37-35-33-31-29-27-25-23-20-17-14-11-8-5-2/h7-8,10-11,15-20,24-27,30-33,36-38,46,86-88,92-93H,4-6,9,12-14,21-23,28-29,34-35,39-45,47-85H2,1-3H3,(H,97,98)(H,99,100)/b10-7-,11-8-,18-15-,19-16-,20-17-,26-24-,27-25-,32-30-,33-31-,38-36-,46-37-. The van der Waals surface area contributed by atoms with Gasteiger partial charge in [-0.15, -0.1) is 0 Å². The van der Waals surface area contributed by atoms with Gasteiger partial charge in [-0.25, -0.2) is 9.13 Å². The van der Waals surface area contributed by atoms with Gasteiger partial charge in [-0.1, -0.05) is 353 Å². The van der Waals surface area contributed by atoms with Gasteiger partial charge in [0.2, 0.25) is 0 Å². The van der Waals surface area contributed by atoms with Gasteiger partial charge in [-0.3, -0.25) is 32.5 Å². The highest BCUT2D eigenvalue weighted by atomic mass is 31.2. The lowest BCUT2D eigenvalue weighted by atomic mass is 10.0. The van der Waals surface area contributed by atoms with E-state index in [4.69, 9.17) is 32.3 Å². The van der Waals surface area contributed by atoms with Crippen molar-refractivity contribution in [1.82, 2.24) is 0 Å². The second-order valence-corrected chi connectivity index (χ2v) is 31.8. The fourth-order valence-corrected chi connectivity index (χ4v) is 13.4. The first-order chi connectivity index (χ1) is 53.2. The minimum Gasteiger partial charge on any atom is -0.463 e. The third-order valence-corrected chi connectivity index (χ3v) is 20.2. The Hall–Kier alpha value is -4.31. The van der Waals surface area contributed by atoms with Crippen molar-refractivity contribution in [3.63, 3.8) is 0 Å². The maximum absolute atomic E-state index is 12.9. The second-order valence-electron chi connectivity index (χ2n) is 28.9. The molecule has 0 aromatic heterocycles. The van der Waals surface area contributed by atoms with Crippen molar-refractivity contribution in [1.29, 1.82) is 0 Å². The zero-order valence-corrected chi connectivity index (χ0v) is 70.7. The van der Waals surface area contributed by atoms with Crippen LogP contribution in [-0.4, -0.2) is 95.9 Å². The van der Waals surface area contributed by atoms with Crippen LogP contribution in [0.2, 0.25) is 0 Å². The first-order valence-corrected chi connectivity index (χ1v) is 46.5. The number of carbonyl (C=O) groups is 3. The number of rotatable bonds is 82. The number of phosphoric acid groups is 2. The number of phosphoric ester groups is 2. The van der Waals surface area contributed by atoms with E-state index in [2.05, 4.69) is 154 Å². The van der Waals surface area contributed by atoms with E-state index >= 15 is 0 Å². The van der Waals surface area contributed by atoms with Crippen molar-refractivity contribution >= 4 is 33.6 Å². The van der Waals surface area contributed by atoms with Crippen molar-refractivity contribution in [2.24, 2.45) is 0 Å². The van der Waals surface area contributed by atoms with E-state index < -0.39 is 91.5 Å². The van der Waals surface area contributed by atoms with Crippen LogP contribution in [0.5, 0.6) is 0 Å². The van der Waals surface area contributed by atoms with Gasteiger partial charge in [0.25, 0.3) is 0 Å².